The van der Waals surface area contributed by atoms with Gasteiger partial charge in [-0.15, -0.1) is 0 Å². The van der Waals surface area contributed by atoms with E-state index in [1.165, 1.54) is 6.92 Å². The van der Waals surface area contributed by atoms with E-state index in [2.05, 4.69) is 17.9 Å². The van der Waals surface area contributed by atoms with Crippen LogP contribution in [0.4, 0.5) is 0 Å². The number of amides is 1. The van der Waals surface area contributed by atoms with Crippen LogP contribution in [0.1, 0.15) is 6.92 Å². The molecular formula is C3H7N2ORe-. The zero-order chi connectivity index (χ0) is 4.99. The van der Waals surface area contributed by atoms with Crippen LogP contribution in [0.2, 0.25) is 0 Å². The monoisotopic (exact) mass is 274 g/mol. The van der Waals surface area contributed by atoms with Crippen molar-refractivity contribution < 1.29 is 25.2 Å². The van der Waals surface area contributed by atoms with Gasteiger partial charge in [-0.25, -0.2) is 0 Å². The first-order chi connectivity index (χ1) is 2.77. The maximum Gasteiger partial charge on any atom is 0.228 e. The fraction of sp³-hybridized carbons (Fsp3) is 0.333. The van der Waals surface area contributed by atoms with Gasteiger partial charge < -0.3 is 10.9 Å². The summed E-state index contributed by atoms with van der Waals surface area (Å²) in [6, 6.07) is 0. The Morgan fingerprint density at radius 1 is 1.71 bits per heavy atom. The van der Waals surface area contributed by atoms with Crippen LogP contribution in [0.3, 0.4) is 0 Å². The van der Waals surface area contributed by atoms with Crippen molar-refractivity contribution in [2.24, 2.45) is 0 Å². The zero-order valence-electron chi connectivity index (χ0n) is 3.99. The van der Waals surface area contributed by atoms with Crippen LogP contribution < -0.4 is 10.9 Å². The molecule has 0 heterocycles. The normalized spacial score (nSPS) is 6.57. The molecule has 0 saturated heterocycles. The first-order valence-electron chi connectivity index (χ1n) is 1.56. The average Bonchev–Trinajstić information content (AvgIpc) is 1.35. The van der Waals surface area contributed by atoms with E-state index in [4.69, 9.17) is 0 Å². The first kappa shape index (κ1) is 10.2. The minimum atomic E-state index is -0.134. The Morgan fingerprint density at radius 3 is 2.14 bits per heavy atom. The molecule has 3 nitrogen and oxygen atoms in total. The molecule has 43 valence electrons. The number of rotatable bonds is 1. The number of carbonyl (C=O) groups excluding carboxylic acids is 1. The standard InChI is InChI=1S/C3H7N2O.Re/c1-3(6)5-4-2;/h4H,2H2,1H3,(H,5,6);/q-1;. The van der Waals surface area contributed by atoms with Gasteiger partial charge in [0, 0.05) is 27.3 Å². The van der Waals surface area contributed by atoms with Crippen molar-refractivity contribution in [3.05, 3.63) is 7.05 Å². The minimum absolute atomic E-state index is 0. The molecule has 0 aromatic rings. The first-order valence-corrected chi connectivity index (χ1v) is 1.56. The molecule has 0 spiro atoms. The maximum absolute atomic E-state index is 9.83. The Hall–Kier alpha value is 0.0923. The topological polar surface area (TPSA) is 41.1 Å². The molecular weight excluding hydrogens is 266 g/mol. The van der Waals surface area contributed by atoms with Gasteiger partial charge in [0.15, 0.2) is 0 Å². The summed E-state index contributed by atoms with van der Waals surface area (Å²) in [6.07, 6.45) is 0. The number of nitrogens with one attached hydrogen (secondary N) is 2. The van der Waals surface area contributed by atoms with E-state index in [9.17, 15) is 4.79 Å². The van der Waals surface area contributed by atoms with E-state index in [0.717, 1.165) is 0 Å². The third kappa shape index (κ3) is 10.7. The molecule has 0 aromatic carbocycles. The van der Waals surface area contributed by atoms with Crippen LogP contribution in [0.25, 0.3) is 0 Å². The van der Waals surface area contributed by atoms with Crippen LogP contribution in [-0.2, 0) is 25.2 Å². The van der Waals surface area contributed by atoms with E-state index >= 15 is 0 Å². The van der Waals surface area contributed by atoms with E-state index in [1.807, 2.05) is 0 Å². The second-order valence-electron chi connectivity index (χ2n) is 0.858. The fourth-order valence-corrected chi connectivity index (χ4v) is 0.124. The Balaban J connectivity index is 0. The molecule has 0 fully saturated rings. The Labute approximate surface area is 56.5 Å². The van der Waals surface area contributed by atoms with Gasteiger partial charge in [0.05, 0.1) is 0 Å². The summed E-state index contributed by atoms with van der Waals surface area (Å²) in [5, 5.41) is 0. The van der Waals surface area contributed by atoms with Gasteiger partial charge >= 0.3 is 0 Å². The van der Waals surface area contributed by atoms with Crippen LogP contribution in [0.5, 0.6) is 0 Å². The number of hydrogen-bond acceptors (Lipinski definition) is 2. The minimum Gasteiger partial charge on any atom is -0.386 e. The predicted molar refractivity (Wildman–Crippen MR) is 22.3 cm³/mol. The second kappa shape index (κ2) is 6.09. The molecule has 0 bridgehead atoms. The summed E-state index contributed by atoms with van der Waals surface area (Å²) >= 11 is 0. The molecule has 0 saturated carbocycles. The molecule has 0 unspecified atom stereocenters. The smallest absolute Gasteiger partial charge is 0.228 e. The van der Waals surface area contributed by atoms with Crippen molar-refractivity contribution in [3.63, 3.8) is 0 Å². The van der Waals surface area contributed by atoms with Crippen molar-refractivity contribution in [2.45, 2.75) is 6.92 Å². The summed E-state index contributed by atoms with van der Waals surface area (Å²) in [7, 11) is 3.14. The number of hydrogen-bond donors (Lipinski definition) is 2. The third-order valence-electron chi connectivity index (χ3n) is 0.264. The molecule has 0 atom stereocenters. The molecule has 0 aromatic heterocycles. The van der Waals surface area contributed by atoms with E-state index < -0.39 is 0 Å². The van der Waals surface area contributed by atoms with Gasteiger partial charge in [-0.05, 0) is 0 Å². The molecule has 0 aliphatic carbocycles. The van der Waals surface area contributed by atoms with E-state index in [0.29, 0.717) is 0 Å². The van der Waals surface area contributed by atoms with Gasteiger partial charge in [-0.1, -0.05) is 0 Å². The Kier molecular flexibility index (Phi) is 8.84. The SMILES string of the molecule is [CH2-]NNC(C)=O.[Re]. The van der Waals surface area contributed by atoms with Gasteiger partial charge in [0.25, 0.3) is 0 Å². The predicted octanol–water partition coefficient (Wildman–Crippen LogP) is -0.584. The Morgan fingerprint density at radius 2 is 2.14 bits per heavy atom. The summed E-state index contributed by atoms with van der Waals surface area (Å²) in [6.45, 7) is 1.40. The largest absolute Gasteiger partial charge is 0.386 e. The van der Waals surface area contributed by atoms with Gasteiger partial charge in [-0.2, -0.15) is 0 Å². The molecule has 0 rings (SSSR count). The third-order valence-corrected chi connectivity index (χ3v) is 0.264. The molecule has 1 radical (unpaired) electrons. The molecule has 7 heavy (non-hydrogen) atoms. The molecule has 0 aliphatic heterocycles. The maximum atomic E-state index is 9.83. The molecule has 4 heteroatoms. The van der Waals surface area contributed by atoms with E-state index in [-0.39, 0.29) is 26.3 Å². The van der Waals surface area contributed by atoms with Crippen molar-refractivity contribution >= 4 is 5.91 Å². The zero-order valence-corrected chi connectivity index (χ0v) is 6.71. The van der Waals surface area contributed by atoms with Crippen molar-refractivity contribution in [3.8, 4) is 0 Å². The molecule has 1 amide bonds. The summed E-state index contributed by atoms with van der Waals surface area (Å²) in [5.74, 6) is -0.134. The number of carbonyl (C=O) groups is 1. The Bertz CT molecular complexity index is 56.9. The summed E-state index contributed by atoms with van der Waals surface area (Å²) in [4.78, 5) is 9.83. The molecule has 2 N–H and O–H groups in total. The van der Waals surface area contributed by atoms with Crippen LogP contribution >= 0.6 is 0 Å². The van der Waals surface area contributed by atoms with E-state index in [1.54, 1.807) is 0 Å². The van der Waals surface area contributed by atoms with Crippen LogP contribution in [0.15, 0.2) is 0 Å². The van der Waals surface area contributed by atoms with Crippen LogP contribution in [0, 0.1) is 7.05 Å². The molecule has 0 aliphatic rings. The average molecular weight is 273 g/mol. The number of hydrazine groups is 1. The van der Waals surface area contributed by atoms with Crippen LogP contribution in [-0.4, -0.2) is 5.91 Å². The van der Waals surface area contributed by atoms with Crippen molar-refractivity contribution in [1.29, 1.82) is 0 Å². The van der Waals surface area contributed by atoms with Gasteiger partial charge in [-0.3, -0.25) is 11.8 Å². The second-order valence-corrected chi connectivity index (χ2v) is 0.858. The quantitative estimate of drug-likeness (QED) is 0.495. The fourth-order valence-electron chi connectivity index (χ4n) is 0.124. The van der Waals surface area contributed by atoms with Gasteiger partial charge in [0.1, 0.15) is 0 Å². The van der Waals surface area contributed by atoms with Crippen molar-refractivity contribution in [1.82, 2.24) is 10.9 Å². The summed E-state index contributed by atoms with van der Waals surface area (Å²) < 4.78 is 0. The van der Waals surface area contributed by atoms with Gasteiger partial charge in [0.2, 0.25) is 5.91 Å². The van der Waals surface area contributed by atoms with Crippen molar-refractivity contribution in [2.75, 3.05) is 0 Å². The summed E-state index contributed by atoms with van der Waals surface area (Å²) in [5.41, 5.74) is 4.43.